The van der Waals surface area contributed by atoms with E-state index < -0.39 is 0 Å². The highest BCUT2D eigenvalue weighted by Gasteiger charge is 2.24. The van der Waals surface area contributed by atoms with E-state index in [0.29, 0.717) is 55.5 Å². The van der Waals surface area contributed by atoms with E-state index in [-0.39, 0.29) is 12.0 Å². The Balaban J connectivity index is 2.04. The summed E-state index contributed by atoms with van der Waals surface area (Å²) in [4.78, 5) is 27.8. The first-order valence-corrected chi connectivity index (χ1v) is 7.99. The summed E-state index contributed by atoms with van der Waals surface area (Å²) >= 11 is 6.17. The lowest BCUT2D eigenvalue weighted by Crippen LogP contribution is -2.37. The molecule has 1 aromatic rings. The van der Waals surface area contributed by atoms with Gasteiger partial charge in [-0.15, -0.1) is 0 Å². The fraction of sp³-hybridized carbons (Fsp3) is 0.500. The monoisotopic (exact) mass is 340 g/mol. The van der Waals surface area contributed by atoms with Gasteiger partial charge < -0.3 is 19.3 Å². The molecule has 1 fully saturated rings. The summed E-state index contributed by atoms with van der Waals surface area (Å²) < 4.78 is 10.1. The van der Waals surface area contributed by atoms with Crippen LogP contribution < -0.4 is 4.74 Å². The minimum atomic E-state index is -0.329. The van der Waals surface area contributed by atoms with E-state index in [1.54, 1.807) is 42.0 Å². The van der Waals surface area contributed by atoms with Crippen LogP contribution in [0.3, 0.4) is 0 Å². The van der Waals surface area contributed by atoms with Crippen LogP contribution >= 0.6 is 11.6 Å². The molecule has 0 atom stereocenters. The summed E-state index contributed by atoms with van der Waals surface area (Å²) in [7, 11) is 1.55. The molecule has 126 valence electrons. The van der Waals surface area contributed by atoms with Crippen molar-refractivity contribution in [2.75, 3.05) is 39.9 Å². The molecule has 6 nitrogen and oxygen atoms in total. The number of ether oxygens (including phenoxy) is 2. The average Bonchev–Trinajstić information content (AvgIpc) is 2.80. The molecule has 0 unspecified atom stereocenters. The average molecular weight is 341 g/mol. The van der Waals surface area contributed by atoms with Gasteiger partial charge in [-0.3, -0.25) is 4.79 Å². The molecule has 0 aromatic heterocycles. The molecule has 0 bridgehead atoms. The van der Waals surface area contributed by atoms with Crippen LogP contribution in [0.4, 0.5) is 4.79 Å². The lowest BCUT2D eigenvalue weighted by Gasteiger charge is -2.22. The Kier molecular flexibility index (Phi) is 6.10. The van der Waals surface area contributed by atoms with Crippen molar-refractivity contribution in [2.45, 2.75) is 13.3 Å². The maximum absolute atomic E-state index is 12.6. The second-order valence-corrected chi connectivity index (χ2v) is 5.58. The smallest absolute Gasteiger partial charge is 0.409 e. The van der Waals surface area contributed by atoms with Crippen molar-refractivity contribution < 1.29 is 19.1 Å². The van der Waals surface area contributed by atoms with Gasteiger partial charge in [-0.25, -0.2) is 4.79 Å². The Morgan fingerprint density at radius 1 is 1.17 bits per heavy atom. The highest BCUT2D eigenvalue weighted by Crippen LogP contribution is 2.24. The van der Waals surface area contributed by atoms with Gasteiger partial charge in [-0.1, -0.05) is 11.6 Å². The molecular weight excluding hydrogens is 320 g/mol. The van der Waals surface area contributed by atoms with Gasteiger partial charge >= 0.3 is 6.09 Å². The number of carbonyl (C=O) groups is 2. The van der Waals surface area contributed by atoms with E-state index in [1.165, 1.54) is 0 Å². The fourth-order valence-corrected chi connectivity index (χ4v) is 2.74. The van der Waals surface area contributed by atoms with E-state index >= 15 is 0 Å². The third-order valence-corrected chi connectivity index (χ3v) is 4.03. The number of halogens is 1. The lowest BCUT2D eigenvalue weighted by atomic mass is 10.2. The third-order valence-electron chi connectivity index (χ3n) is 3.72. The van der Waals surface area contributed by atoms with Gasteiger partial charge in [0.15, 0.2) is 0 Å². The molecule has 0 aliphatic carbocycles. The second-order valence-electron chi connectivity index (χ2n) is 5.18. The van der Waals surface area contributed by atoms with Gasteiger partial charge in [0.25, 0.3) is 5.91 Å². The molecule has 0 N–H and O–H groups in total. The zero-order chi connectivity index (χ0) is 16.8. The Morgan fingerprint density at radius 2 is 1.87 bits per heavy atom. The standard InChI is InChI=1S/C16H21ClN2O4/c1-3-23-16(21)19-8-4-7-18(9-10-19)15(20)13-6-5-12(22-2)11-14(13)17/h5-6,11H,3-4,7-10H2,1-2H3. The zero-order valence-corrected chi connectivity index (χ0v) is 14.1. The van der Waals surface area contributed by atoms with Gasteiger partial charge in [-0.05, 0) is 31.5 Å². The lowest BCUT2D eigenvalue weighted by molar-refractivity contribution is 0.0753. The molecule has 2 rings (SSSR count). The molecule has 1 heterocycles. The summed E-state index contributed by atoms with van der Waals surface area (Å²) in [6, 6.07) is 5.00. The molecule has 1 saturated heterocycles. The molecular formula is C16H21ClN2O4. The van der Waals surface area contributed by atoms with Crippen LogP contribution in [0, 0.1) is 0 Å². The van der Waals surface area contributed by atoms with Crippen LogP contribution in [0.5, 0.6) is 5.75 Å². The number of rotatable bonds is 3. The quantitative estimate of drug-likeness (QED) is 0.848. The Bertz CT molecular complexity index is 579. The van der Waals surface area contributed by atoms with Crippen LogP contribution in [0.25, 0.3) is 0 Å². The minimum Gasteiger partial charge on any atom is -0.497 e. The summed E-state index contributed by atoms with van der Waals surface area (Å²) in [6.07, 6.45) is 0.377. The molecule has 2 amide bonds. The van der Waals surface area contributed by atoms with Crippen LogP contribution in [0.15, 0.2) is 18.2 Å². The first-order chi connectivity index (χ1) is 11.1. The predicted octanol–water partition coefficient (Wildman–Crippen LogP) is 2.65. The molecule has 0 spiro atoms. The van der Waals surface area contributed by atoms with E-state index in [2.05, 4.69) is 0 Å². The highest BCUT2D eigenvalue weighted by molar-refractivity contribution is 6.34. The predicted molar refractivity (Wildman–Crippen MR) is 87.1 cm³/mol. The van der Waals surface area contributed by atoms with Crippen molar-refractivity contribution in [3.63, 3.8) is 0 Å². The number of hydrogen-bond acceptors (Lipinski definition) is 4. The van der Waals surface area contributed by atoms with Crippen molar-refractivity contribution in [1.82, 2.24) is 9.80 Å². The number of benzene rings is 1. The minimum absolute atomic E-state index is 0.136. The molecule has 1 aliphatic rings. The van der Waals surface area contributed by atoms with Crippen LogP contribution in [0.2, 0.25) is 5.02 Å². The number of hydrogen-bond donors (Lipinski definition) is 0. The van der Waals surface area contributed by atoms with Crippen molar-refractivity contribution in [2.24, 2.45) is 0 Å². The number of carbonyl (C=O) groups excluding carboxylic acids is 2. The van der Waals surface area contributed by atoms with E-state index in [0.717, 1.165) is 0 Å². The van der Waals surface area contributed by atoms with Gasteiger partial charge in [0.05, 0.1) is 24.3 Å². The topological polar surface area (TPSA) is 59.1 Å². The highest BCUT2D eigenvalue weighted by atomic mass is 35.5. The molecule has 1 aliphatic heterocycles. The van der Waals surface area contributed by atoms with Crippen molar-refractivity contribution in [3.8, 4) is 5.75 Å². The molecule has 1 aromatic carbocycles. The first-order valence-electron chi connectivity index (χ1n) is 7.61. The third kappa shape index (κ3) is 4.28. The summed E-state index contributed by atoms with van der Waals surface area (Å²) in [5.74, 6) is 0.472. The van der Waals surface area contributed by atoms with Crippen LogP contribution in [0.1, 0.15) is 23.7 Å². The van der Waals surface area contributed by atoms with Crippen LogP contribution in [-0.2, 0) is 4.74 Å². The Hall–Kier alpha value is -1.95. The Morgan fingerprint density at radius 3 is 2.52 bits per heavy atom. The molecule has 0 saturated carbocycles. The normalized spacial score (nSPS) is 15.1. The van der Waals surface area contributed by atoms with E-state index in [1.807, 2.05) is 0 Å². The largest absolute Gasteiger partial charge is 0.497 e. The number of methoxy groups -OCH3 is 1. The van der Waals surface area contributed by atoms with Crippen molar-refractivity contribution >= 4 is 23.6 Å². The number of amides is 2. The SMILES string of the molecule is CCOC(=O)N1CCCN(C(=O)c2ccc(OC)cc2Cl)CC1. The van der Waals surface area contributed by atoms with E-state index in [9.17, 15) is 9.59 Å². The maximum Gasteiger partial charge on any atom is 0.409 e. The van der Waals surface area contributed by atoms with E-state index in [4.69, 9.17) is 21.1 Å². The van der Waals surface area contributed by atoms with Crippen molar-refractivity contribution in [3.05, 3.63) is 28.8 Å². The van der Waals surface area contributed by atoms with Gasteiger partial charge in [0.2, 0.25) is 0 Å². The molecule has 23 heavy (non-hydrogen) atoms. The zero-order valence-electron chi connectivity index (χ0n) is 13.4. The molecule has 7 heteroatoms. The summed E-state index contributed by atoms with van der Waals surface area (Å²) in [5.41, 5.74) is 0.442. The van der Waals surface area contributed by atoms with Gasteiger partial charge in [0, 0.05) is 26.2 Å². The fourth-order valence-electron chi connectivity index (χ4n) is 2.48. The van der Waals surface area contributed by atoms with Crippen LogP contribution in [-0.4, -0.2) is 61.7 Å². The van der Waals surface area contributed by atoms with Crippen molar-refractivity contribution in [1.29, 1.82) is 0 Å². The number of nitrogens with zero attached hydrogens (tertiary/aromatic N) is 2. The van der Waals surface area contributed by atoms with Gasteiger partial charge in [0.1, 0.15) is 5.75 Å². The summed E-state index contributed by atoms with van der Waals surface area (Å²) in [5, 5.41) is 0.362. The van der Waals surface area contributed by atoms with Gasteiger partial charge in [-0.2, -0.15) is 0 Å². The second kappa shape index (κ2) is 8.06. The first kappa shape index (κ1) is 17.4. The Labute approximate surface area is 140 Å². The molecule has 0 radical (unpaired) electrons. The maximum atomic E-state index is 12.6. The summed E-state index contributed by atoms with van der Waals surface area (Å²) in [6.45, 7) is 4.20.